The molecular formula is C16H22N2O3S. The van der Waals surface area contributed by atoms with Gasteiger partial charge in [-0.3, -0.25) is 13.8 Å². The van der Waals surface area contributed by atoms with Crippen molar-refractivity contribution in [2.24, 2.45) is 5.41 Å². The molecule has 1 aliphatic carbocycles. The topological polar surface area (TPSA) is 75.3 Å². The van der Waals surface area contributed by atoms with Gasteiger partial charge >= 0.3 is 0 Å². The molecule has 1 fully saturated rings. The maximum atomic E-state index is 12.2. The number of hydrogen-bond acceptors (Lipinski definition) is 3. The zero-order valence-corrected chi connectivity index (χ0v) is 13.8. The molecule has 1 unspecified atom stereocenters. The molecule has 120 valence electrons. The predicted molar refractivity (Wildman–Crippen MR) is 87.0 cm³/mol. The van der Waals surface area contributed by atoms with Gasteiger partial charge in [-0.15, -0.1) is 0 Å². The molecule has 1 aliphatic rings. The second kappa shape index (κ2) is 7.05. The lowest BCUT2D eigenvalue weighted by atomic mass is 9.70. The Morgan fingerprint density at radius 3 is 2.64 bits per heavy atom. The minimum absolute atomic E-state index is 0.00501. The third kappa shape index (κ3) is 3.94. The van der Waals surface area contributed by atoms with Crippen molar-refractivity contribution in [3.63, 3.8) is 0 Å². The van der Waals surface area contributed by atoms with Crippen molar-refractivity contribution in [2.45, 2.75) is 38.0 Å². The van der Waals surface area contributed by atoms with Crippen molar-refractivity contribution >= 4 is 28.3 Å². The van der Waals surface area contributed by atoms with Crippen LogP contribution in [0, 0.1) is 5.41 Å². The molecule has 2 N–H and O–H groups in total. The van der Waals surface area contributed by atoms with Crippen LogP contribution < -0.4 is 10.6 Å². The Labute approximate surface area is 133 Å². The number of anilines is 1. The van der Waals surface area contributed by atoms with E-state index in [9.17, 15) is 13.8 Å². The molecule has 0 aliphatic heterocycles. The molecule has 1 aromatic carbocycles. The number of benzene rings is 1. The quantitative estimate of drug-likeness (QED) is 0.842. The van der Waals surface area contributed by atoms with Crippen molar-refractivity contribution in [1.82, 2.24) is 5.32 Å². The van der Waals surface area contributed by atoms with Gasteiger partial charge in [-0.25, -0.2) is 0 Å². The van der Waals surface area contributed by atoms with Gasteiger partial charge in [-0.05, 0) is 38.0 Å². The van der Waals surface area contributed by atoms with E-state index in [1.54, 1.807) is 24.3 Å². The summed E-state index contributed by atoms with van der Waals surface area (Å²) in [6, 6.07) is 6.89. The first-order valence-electron chi connectivity index (χ1n) is 7.51. The maximum absolute atomic E-state index is 12.2. The third-order valence-corrected chi connectivity index (χ3v) is 5.30. The molecule has 0 saturated heterocycles. The summed E-state index contributed by atoms with van der Waals surface area (Å²) in [5, 5.41) is 5.51. The van der Waals surface area contributed by atoms with Crippen LogP contribution in [0.1, 0.15) is 33.1 Å². The smallest absolute Gasteiger partial charge is 0.232 e. The number of carbonyl (C=O) groups excluding carboxylic acids is 2. The molecule has 0 aromatic heterocycles. The van der Waals surface area contributed by atoms with Gasteiger partial charge in [-0.2, -0.15) is 0 Å². The number of rotatable bonds is 6. The summed E-state index contributed by atoms with van der Waals surface area (Å²) in [4.78, 5) is 24.2. The van der Waals surface area contributed by atoms with Crippen LogP contribution in [0.2, 0.25) is 0 Å². The van der Waals surface area contributed by atoms with E-state index in [0.29, 0.717) is 17.1 Å². The van der Waals surface area contributed by atoms with Crippen LogP contribution in [0.15, 0.2) is 29.2 Å². The minimum atomic E-state index is -1.41. The SMILES string of the molecule is CCNC(=O)CS(=O)c1cccc(NC(=O)C2(C)CCC2)c1. The van der Waals surface area contributed by atoms with E-state index >= 15 is 0 Å². The van der Waals surface area contributed by atoms with Crippen LogP contribution in [0.5, 0.6) is 0 Å². The first-order valence-corrected chi connectivity index (χ1v) is 8.83. The van der Waals surface area contributed by atoms with E-state index < -0.39 is 10.8 Å². The second-order valence-electron chi connectivity index (χ2n) is 5.84. The Morgan fingerprint density at radius 1 is 1.32 bits per heavy atom. The largest absolute Gasteiger partial charge is 0.356 e. The van der Waals surface area contributed by atoms with Gasteiger partial charge < -0.3 is 10.6 Å². The molecule has 0 bridgehead atoms. The molecule has 0 spiro atoms. The molecule has 2 rings (SSSR count). The Balaban J connectivity index is 2.02. The Morgan fingerprint density at radius 2 is 2.05 bits per heavy atom. The highest BCUT2D eigenvalue weighted by atomic mass is 32.2. The summed E-state index contributed by atoms with van der Waals surface area (Å²) >= 11 is 0. The van der Waals surface area contributed by atoms with Crippen molar-refractivity contribution in [1.29, 1.82) is 0 Å². The van der Waals surface area contributed by atoms with Crippen molar-refractivity contribution < 1.29 is 13.8 Å². The Hall–Kier alpha value is -1.69. The van der Waals surface area contributed by atoms with Gasteiger partial charge in [-0.1, -0.05) is 19.4 Å². The van der Waals surface area contributed by atoms with Crippen LogP contribution in [-0.4, -0.2) is 28.3 Å². The summed E-state index contributed by atoms with van der Waals surface area (Å²) in [5.74, 6) is -0.300. The zero-order chi connectivity index (χ0) is 16.2. The summed E-state index contributed by atoms with van der Waals surface area (Å²) < 4.78 is 12.2. The third-order valence-electron chi connectivity index (χ3n) is 4.00. The Bertz CT molecular complexity index is 597. The summed E-state index contributed by atoms with van der Waals surface area (Å²) in [7, 11) is -1.41. The summed E-state index contributed by atoms with van der Waals surface area (Å²) in [6.07, 6.45) is 2.89. The number of nitrogens with one attached hydrogen (secondary N) is 2. The second-order valence-corrected chi connectivity index (χ2v) is 7.29. The standard InChI is InChI=1S/C16H22N2O3S/c1-3-17-14(19)11-22(21)13-7-4-6-12(10-13)18-15(20)16(2)8-5-9-16/h4,6-7,10H,3,5,8-9,11H2,1-2H3,(H,17,19)(H,18,20). The van der Waals surface area contributed by atoms with Gasteiger partial charge in [0.05, 0.1) is 10.8 Å². The molecule has 0 heterocycles. The van der Waals surface area contributed by atoms with Crippen molar-refractivity contribution in [3.8, 4) is 0 Å². The highest BCUT2D eigenvalue weighted by Gasteiger charge is 2.39. The molecule has 0 radical (unpaired) electrons. The van der Waals surface area contributed by atoms with Gasteiger partial charge in [0.15, 0.2) is 0 Å². The van der Waals surface area contributed by atoms with Gasteiger partial charge in [0.25, 0.3) is 0 Å². The monoisotopic (exact) mass is 322 g/mol. The van der Waals surface area contributed by atoms with Crippen molar-refractivity contribution in [3.05, 3.63) is 24.3 Å². The zero-order valence-electron chi connectivity index (χ0n) is 13.0. The molecule has 2 amide bonds. The number of amides is 2. The molecule has 22 heavy (non-hydrogen) atoms. The van der Waals surface area contributed by atoms with Crippen LogP contribution in [0.3, 0.4) is 0 Å². The van der Waals surface area contributed by atoms with E-state index in [0.717, 1.165) is 19.3 Å². The predicted octanol–water partition coefficient (Wildman–Crippen LogP) is 2.06. The fourth-order valence-electron chi connectivity index (χ4n) is 2.38. The lowest BCUT2D eigenvalue weighted by molar-refractivity contribution is -0.128. The molecule has 5 nitrogen and oxygen atoms in total. The highest BCUT2D eigenvalue weighted by molar-refractivity contribution is 7.85. The lowest BCUT2D eigenvalue weighted by Gasteiger charge is -2.36. The van der Waals surface area contributed by atoms with E-state index in [2.05, 4.69) is 10.6 Å². The molecule has 1 aromatic rings. The normalized spacial score (nSPS) is 17.2. The molecular weight excluding hydrogens is 300 g/mol. The first-order chi connectivity index (χ1) is 10.4. The fraction of sp³-hybridized carbons (Fsp3) is 0.500. The van der Waals surface area contributed by atoms with E-state index in [-0.39, 0.29) is 23.0 Å². The van der Waals surface area contributed by atoms with Crippen LogP contribution >= 0.6 is 0 Å². The maximum Gasteiger partial charge on any atom is 0.232 e. The van der Waals surface area contributed by atoms with Gasteiger partial charge in [0.2, 0.25) is 11.8 Å². The van der Waals surface area contributed by atoms with E-state index in [1.807, 2.05) is 13.8 Å². The lowest BCUT2D eigenvalue weighted by Crippen LogP contribution is -2.39. The van der Waals surface area contributed by atoms with Crippen molar-refractivity contribution in [2.75, 3.05) is 17.6 Å². The number of hydrogen-bond donors (Lipinski definition) is 2. The van der Waals surface area contributed by atoms with Gasteiger partial charge in [0, 0.05) is 22.5 Å². The fourth-order valence-corrected chi connectivity index (χ4v) is 3.38. The van der Waals surface area contributed by atoms with Crippen LogP contribution in [-0.2, 0) is 20.4 Å². The number of carbonyl (C=O) groups is 2. The average Bonchev–Trinajstić information content (AvgIpc) is 2.45. The molecule has 1 atom stereocenters. The van der Waals surface area contributed by atoms with E-state index in [4.69, 9.17) is 0 Å². The summed E-state index contributed by atoms with van der Waals surface area (Å²) in [5.41, 5.74) is 0.343. The minimum Gasteiger partial charge on any atom is -0.356 e. The molecule has 6 heteroatoms. The Kier molecular flexibility index (Phi) is 5.34. The summed E-state index contributed by atoms with van der Waals surface area (Å²) in [6.45, 7) is 4.30. The van der Waals surface area contributed by atoms with Crippen LogP contribution in [0.4, 0.5) is 5.69 Å². The first kappa shape index (κ1) is 16.7. The highest BCUT2D eigenvalue weighted by Crippen LogP contribution is 2.41. The van der Waals surface area contributed by atoms with Crippen LogP contribution in [0.25, 0.3) is 0 Å². The van der Waals surface area contributed by atoms with Gasteiger partial charge in [0.1, 0.15) is 5.75 Å². The molecule has 1 saturated carbocycles. The average molecular weight is 322 g/mol. The van der Waals surface area contributed by atoms with E-state index in [1.165, 1.54) is 0 Å².